The third-order valence-electron chi connectivity index (χ3n) is 4.18. The van der Waals surface area contributed by atoms with Gasteiger partial charge in [0.05, 0.1) is 16.8 Å². The van der Waals surface area contributed by atoms with E-state index in [1.165, 1.54) is 24.3 Å². The molecule has 0 spiro atoms. The molecule has 0 aromatic heterocycles. The number of rotatable bonds is 7. The summed E-state index contributed by atoms with van der Waals surface area (Å²) in [6, 6.07) is 21.5. The Balaban J connectivity index is 1.57. The molecule has 3 aromatic carbocycles. The van der Waals surface area contributed by atoms with Crippen LogP contribution in [-0.4, -0.2) is 29.5 Å². The van der Waals surface area contributed by atoms with E-state index in [2.05, 4.69) is 10.6 Å². The Kier molecular flexibility index (Phi) is 6.78. The minimum absolute atomic E-state index is 0.0199. The van der Waals surface area contributed by atoms with Crippen LogP contribution >= 0.6 is 0 Å². The molecule has 0 heterocycles. The monoisotopic (exact) mass is 404 g/mol. The van der Waals surface area contributed by atoms with Gasteiger partial charge in [-0.3, -0.25) is 9.59 Å². The lowest BCUT2D eigenvalue weighted by Gasteiger charge is -2.12. The molecule has 7 heteroatoms. The molecule has 0 aliphatic rings. The van der Waals surface area contributed by atoms with Crippen LogP contribution in [0.15, 0.2) is 78.9 Å². The smallest absolute Gasteiger partial charge is 0.338 e. The standard InChI is InChI=1S/C23H20N2O5/c26-18-12-10-17(11-13-18)23(29)30-15-21(27)25-20-9-5-4-8-19(20)22(28)24-14-16-6-2-1-3-7-16/h1-13,26H,14-15H2,(H,24,28)(H,25,27). The van der Waals surface area contributed by atoms with Gasteiger partial charge in [0.1, 0.15) is 5.75 Å². The lowest BCUT2D eigenvalue weighted by atomic mass is 10.1. The second-order valence-electron chi connectivity index (χ2n) is 6.39. The van der Waals surface area contributed by atoms with Gasteiger partial charge in [-0.25, -0.2) is 4.79 Å². The highest BCUT2D eigenvalue weighted by molar-refractivity contribution is 6.04. The summed E-state index contributed by atoms with van der Waals surface area (Å²) in [4.78, 5) is 36.7. The number of amides is 2. The maximum atomic E-state index is 12.5. The lowest BCUT2D eigenvalue weighted by Crippen LogP contribution is -2.26. The normalized spacial score (nSPS) is 10.1. The van der Waals surface area contributed by atoms with Crippen LogP contribution in [0, 0.1) is 0 Å². The fraction of sp³-hybridized carbons (Fsp3) is 0.0870. The molecule has 3 rings (SSSR count). The van der Waals surface area contributed by atoms with E-state index in [0.29, 0.717) is 17.8 Å². The summed E-state index contributed by atoms with van der Waals surface area (Å²) >= 11 is 0. The molecule has 0 radical (unpaired) electrons. The number of phenolic OH excluding ortho intramolecular Hbond substituents is 1. The third-order valence-corrected chi connectivity index (χ3v) is 4.18. The van der Waals surface area contributed by atoms with E-state index >= 15 is 0 Å². The number of anilines is 1. The molecular formula is C23H20N2O5. The van der Waals surface area contributed by atoms with Crippen LogP contribution in [-0.2, 0) is 16.1 Å². The second-order valence-corrected chi connectivity index (χ2v) is 6.39. The molecular weight excluding hydrogens is 384 g/mol. The Morgan fingerprint density at radius 2 is 1.50 bits per heavy atom. The first kappa shape index (κ1) is 20.6. The molecule has 0 fully saturated rings. The zero-order chi connectivity index (χ0) is 21.3. The van der Waals surface area contributed by atoms with Gasteiger partial charge < -0.3 is 20.5 Å². The minimum atomic E-state index is -0.695. The van der Waals surface area contributed by atoms with Crippen molar-refractivity contribution in [2.45, 2.75) is 6.54 Å². The van der Waals surface area contributed by atoms with Gasteiger partial charge in [-0.05, 0) is 42.0 Å². The lowest BCUT2D eigenvalue weighted by molar-refractivity contribution is -0.119. The van der Waals surface area contributed by atoms with E-state index in [4.69, 9.17) is 4.74 Å². The Labute approximate surface area is 173 Å². The molecule has 30 heavy (non-hydrogen) atoms. The van der Waals surface area contributed by atoms with Crippen molar-refractivity contribution in [3.05, 3.63) is 95.6 Å². The highest BCUT2D eigenvalue weighted by Gasteiger charge is 2.15. The number of carbonyl (C=O) groups excluding carboxylic acids is 3. The first-order chi connectivity index (χ1) is 14.5. The van der Waals surface area contributed by atoms with Crippen molar-refractivity contribution >= 4 is 23.5 Å². The molecule has 0 saturated carbocycles. The Morgan fingerprint density at radius 1 is 0.833 bits per heavy atom. The SMILES string of the molecule is O=C(COC(=O)c1ccc(O)cc1)Nc1ccccc1C(=O)NCc1ccccc1. The maximum Gasteiger partial charge on any atom is 0.338 e. The van der Waals surface area contributed by atoms with E-state index in [1.54, 1.807) is 24.3 Å². The van der Waals surface area contributed by atoms with Crippen molar-refractivity contribution in [1.82, 2.24) is 5.32 Å². The fourth-order valence-electron chi connectivity index (χ4n) is 2.66. The minimum Gasteiger partial charge on any atom is -0.508 e. The van der Waals surface area contributed by atoms with Crippen molar-refractivity contribution in [2.24, 2.45) is 0 Å². The van der Waals surface area contributed by atoms with E-state index in [1.807, 2.05) is 30.3 Å². The van der Waals surface area contributed by atoms with Crippen molar-refractivity contribution < 1.29 is 24.2 Å². The number of benzene rings is 3. The molecule has 2 amide bonds. The zero-order valence-electron chi connectivity index (χ0n) is 16.0. The molecule has 0 saturated heterocycles. The largest absolute Gasteiger partial charge is 0.508 e. The summed E-state index contributed by atoms with van der Waals surface area (Å²) in [5.74, 6) is -1.59. The van der Waals surface area contributed by atoms with Crippen LogP contribution < -0.4 is 10.6 Å². The highest BCUT2D eigenvalue weighted by atomic mass is 16.5. The van der Waals surface area contributed by atoms with Crippen molar-refractivity contribution in [3.8, 4) is 5.75 Å². The van der Waals surface area contributed by atoms with E-state index in [9.17, 15) is 19.5 Å². The first-order valence-electron chi connectivity index (χ1n) is 9.20. The quantitative estimate of drug-likeness (QED) is 0.525. The number of aromatic hydroxyl groups is 1. The predicted molar refractivity (Wildman–Crippen MR) is 111 cm³/mol. The Hall–Kier alpha value is -4.13. The number of nitrogens with one attached hydrogen (secondary N) is 2. The van der Waals surface area contributed by atoms with Crippen LogP contribution in [0.25, 0.3) is 0 Å². The van der Waals surface area contributed by atoms with Gasteiger partial charge in [-0.15, -0.1) is 0 Å². The molecule has 3 N–H and O–H groups in total. The Morgan fingerprint density at radius 3 is 2.23 bits per heavy atom. The number of carbonyl (C=O) groups is 3. The van der Waals surface area contributed by atoms with Crippen molar-refractivity contribution in [3.63, 3.8) is 0 Å². The van der Waals surface area contributed by atoms with Crippen LogP contribution in [0.5, 0.6) is 5.75 Å². The zero-order valence-corrected chi connectivity index (χ0v) is 16.0. The molecule has 0 aliphatic heterocycles. The van der Waals surface area contributed by atoms with Crippen molar-refractivity contribution in [2.75, 3.05) is 11.9 Å². The summed E-state index contributed by atoms with van der Waals surface area (Å²) in [6.45, 7) is -0.161. The number of ether oxygens (including phenoxy) is 1. The number of hydrogen-bond acceptors (Lipinski definition) is 5. The maximum absolute atomic E-state index is 12.5. The number of para-hydroxylation sites is 1. The fourth-order valence-corrected chi connectivity index (χ4v) is 2.66. The van der Waals surface area contributed by atoms with Gasteiger partial charge in [0.15, 0.2) is 6.61 Å². The molecule has 152 valence electrons. The van der Waals surface area contributed by atoms with Crippen LogP contribution in [0.4, 0.5) is 5.69 Å². The topological polar surface area (TPSA) is 105 Å². The average Bonchev–Trinajstić information content (AvgIpc) is 2.77. The second kappa shape index (κ2) is 9.88. The van der Waals surface area contributed by atoms with Crippen LogP contribution in [0.3, 0.4) is 0 Å². The van der Waals surface area contributed by atoms with Gasteiger partial charge in [0.2, 0.25) is 0 Å². The van der Waals surface area contributed by atoms with E-state index in [0.717, 1.165) is 5.56 Å². The summed E-state index contributed by atoms with van der Waals surface area (Å²) in [5.41, 5.74) is 1.77. The van der Waals surface area contributed by atoms with E-state index in [-0.39, 0.29) is 17.2 Å². The third kappa shape index (κ3) is 5.68. The van der Waals surface area contributed by atoms with Crippen molar-refractivity contribution in [1.29, 1.82) is 0 Å². The number of phenols is 1. The van der Waals surface area contributed by atoms with Gasteiger partial charge in [-0.2, -0.15) is 0 Å². The number of esters is 1. The van der Waals surface area contributed by atoms with Gasteiger partial charge >= 0.3 is 5.97 Å². The summed E-state index contributed by atoms with van der Waals surface area (Å²) < 4.78 is 4.97. The molecule has 0 bridgehead atoms. The van der Waals surface area contributed by atoms with Gasteiger partial charge in [-0.1, -0.05) is 42.5 Å². The average molecular weight is 404 g/mol. The van der Waals surface area contributed by atoms with E-state index < -0.39 is 18.5 Å². The molecule has 0 unspecified atom stereocenters. The molecule has 7 nitrogen and oxygen atoms in total. The van der Waals surface area contributed by atoms with Gasteiger partial charge in [0, 0.05) is 6.54 Å². The summed E-state index contributed by atoms with van der Waals surface area (Å²) in [7, 11) is 0. The molecule has 0 atom stereocenters. The van der Waals surface area contributed by atoms with Gasteiger partial charge in [0.25, 0.3) is 11.8 Å². The first-order valence-corrected chi connectivity index (χ1v) is 9.20. The Bertz CT molecular complexity index is 1030. The summed E-state index contributed by atoms with van der Waals surface area (Å²) in [5, 5.41) is 14.6. The van der Waals surface area contributed by atoms with Crippen LogP contribution in [0.1, 0.15) is 26.3 Å². The van der Waals surface area contributed by atoms with Crippen LogP contribution in [0.2, 0.25) is 0 Å². The summed E-state index contributed by atoms with van der Waals surface area (Å²) in [6.07, 6.45) is 0. The number of hydrogen-bond donors (Lipinski definition) is 3. The highest BCUT2D eigenvalue weighted by Crippen LogP contribution is 2.15. The molecule has 3 aromatic rings. The molecule has 0 aliphatic carbocycles. The predicted octanol–water partition coefficient (Wildman–Crippen LogP) is 3.12.